The molecule has 1 heterocycles. The molecule has 2 aliphatic rings. The van der Waals surface area contributed by atoms with Crippen molar-refractivity contribution in [1.29, 1.82) is 0 Å². The molecule has 0 radical (unpaired) electrons. The van der Waals surface area contributed by atoms with Crippen LogP contribution in [0.4, 0.5) is 0 Å². The second-order valence-corrected chi connectivity index (χ2v) is 3.80. The summed E-state index contributed by atoms with van der Waals surface area (Å²) in [5.41, 5.74) is 0. The minimum absolute atomic E-state index is 0.0411. The fourth-order valence-electron chi connectivity index (χ4n) is 2.23. The third-order valence-corrected chi connectivity index (χ3v) is 2.99. The summed E-state index contributed by atoms with van der Waals surface area (Å²) in [5, 5.41) is 9.59. The van der Waals surface area contributed by atoms with Gasteiger partial charge in [0, 0.05) is 18.6 Å². The summed E-state index contributed by atoms with van der Waals surface area (Å²) >= 11 is 0. The molecule has 0 aromatic heterocycles. The number of nitrogens with zero attached hydrogens (tertiary/aromatic N) is 1. The van der Waals surface area contributed by atoms with Gasteiger partial charge in [0.05, 0.1) is 6.10 Å². The van der Waals surface area contributed by atoms with Crippen molar-refractivity contribution in [2.24, 2.45) is 0 Å². The zero-order valence-electron chi connectivity index (χ0n) is 7.16. The molecule has 1 saturated heterocycles. The highest BCUT2D eigenvalue weighted by atomic mass is 16.3. The SMILES string of the molecule is CCC1C(O)CCN1C1CC1. The Morgan fingerprint density at radius 1 is 1.36 bits per heavy atom. The molecule has 1 saturated carbocycles. The van der Waals surface area contributed by atoms with Crippen LogP contribution in [-0.2, 0) is 0 Å². The molecule has 1 aliphatic heterocycles. The van der Waals surface area contributed by atoms with Crippen molar-refractivity contribution in [2.75, 3.05) is 6.54 Å². The van der Waals surface area contributed by atoms with E-state index in [0.717, 1.165) is 25.4 Å². The van der Waals surface area contributed by atoms with Gasteiger partial charge in [0.1, 0.15) is 0 Å². The average molecular weight is 155 g/mol. The second-order valence-electron chi connectivity index (χ2n) is 3.80. The van der Waals surface area contributed by atoms with E-state index in [2.05, 4.69) is 11.8 Å². The van der Waals surface area contributed by atoms with Gasteiger partial charge in [-0.05, 0) is 25.7 Å². The summed E-state index contributed by atoms with van der Waals surface area (Å²) in [6.07, 6.45) is 4.79. The van der Waals surface area contributed by atoms with Crippen LogP contribution in [0.5, 0.6) is 0 Å². The molecular weight excluding hydrogens is 138 g/mol. The third kappa shape index (κ3) is 1.30. The quantitative estimate of drug-likeness (QED) is 0.643. The van der Waals surface area contributed by atoms with Crippen molar-refractivity contribution in [3.63, 3.8) is 0 Å². The maximum atomic E-state index is 9.59. The standard InChI is InChI=1S/C9H17NO/c1-2-8-9(11)5-6-10(8)7-3-4-7/h7-9,11H,2-6H2,1H3. The highest BCUT2D eigenvalue weighted by molar-refractivity contribution is 4.95. The van der Waals surface area contributed by atoms with Gasteiger partial charge in [-0.15, -0.1) is 0 Å². The van der Waals surface area contributed by atoms with Gasteiger partial charge >= 0.3 is 0 Å². The lowest BCUT2D eigenvalue weighted by atomic mass is 10.1. The lowest BCUT2D eigenvalue weighted by Gasteiger charge is -2.24. The normalized spacial score (nSPS) is 39.8. The fourth-order valence-corrected chi connectivity index (χ4v) is 2.23. The van der Waals surface area contributed by atoms with Crippen molar-refractivity contribution in [2.45, 2.75) is 50.8 Å². The molecule has 0 amide bonds. The lowest BCUT2D eigenvalue weighted by molar-refractivity contribution is 0.109. The highest BCUT2D eigenvalue weighted by Gasteiger charge is 2.40. The molecule has 64 valence electrons. The minimum atomic E-state index is -0.0411. The minimum Gasteiger partial charge on any atom is -0.391 e. The second kappa shape index (κ2) is 2.76. The van der Waals surface area contributed by atoms with Gasteiger partial charge in [-0.25, -0.2) is 0 Å². The Labute approximate surface area is 68.2 Å². The van der Waals surface area contributed by atoms with Crippen LogP contribution in [0, 0.1) is 0 Å². The number of aliphatic hydroxyl groups excluding tert-OH is 1. The first-order valence-corrected chi connectivity index (χ1v) is 4.76. The zero-order valence-corrected chi connectivity index (χ0v) is 7.16. The van der Waals surface area contributed by atoms with E-state index in [-0.39, 0.29) is 6.10 Å². The van der Waals surface area contributed by atoms with Crippen molar-refractivity contribution in [3.8, 4) is 0 Å². The summed E-state index contributed by atoms with van der Waals surface area (Å²) in [4.78, 5) is 2.50. The van der Waals surface area contributed by atoms with E-state index < -0.39 is 0 Å². The van der Waals surface area contributed by atoms with E-state index in [4.69, 9.17) is 0 Å². The maximum Gasteiger partial charge on any atom is 0.0707 e. The van der Waals surface area contributed by atoms with Gasteiger partial charge < -0.3 is 5.11 Å². The van der Waals surface area contributed by atoms with E-state index in [1.54, 1.807) is 0 Å². The van der Waals surface area contributed by atoms with Crippen LogP contribution in [0.15, 0.2) is 0 Å². The molecule has 2 fully saturated rings. The third-order valence-electron chi connectivity index (χ3n) is 2.99. The smallest absolute Gasteiger partial charge is 0.0707 e. The number of hydrogen-bond acceptors (Lipinski definition) is 2. The van der Waals surface area contributed by atoms with Crippen LogP contribution in [0.2, 0.25) is 0 Å². The van der Waals surface area contributed by atoms with Gasteiger partial charge in [0.2, 0.25) is 0 Å². The Hall–Kier alpha value is -0.0800. The van der Waals surface area contributed by atoms with Gasteiger partial charge in [0.15, 0.2) is 0 Å². The van der Waals surface area contributed by atoms with Crippen LogP contribution in [0.1, 0.15) is 32.6 Å². The van der Waals surface area contributed by atoms with Crippen molar-refractivity contribution in [1.82, 2.24) is 4.90 Å². The molecule has 2 heteroatoms. The zero-order chi connectivity index (χ0) is 7.84. The fraction of sp³-hybridized carbons (Fsp3) is 1.00. The lowest BCUT2D eigenvalue weighted by Crippen LogP contribution is -2.35. The molecule has 1 aliphatic carbocycles. The van der Waals surface area contributed by atoms with Crippen molar-refractivity contribution in [3.05, 3.63) is 0 Å². The number of hydrogen-bond donors (Lipinski definition) is 1. The largest absolute Gasteiger partial charge is 0.391 e. The first-order valence-electron chi connectivity index (χ1n) is 4.76. The van der Waals surface area contributed by atoms with E-state index >= 15 is 0 Å². The Balaban J connectivity index is 1.97. The van der Waals surface area contributed by atoms with Gasteiger partial charge in [0.25, 0.3) is 0 Å². The molecule has 1 N–H and O–H groups in total. The molecule has 0 spiro atoms. The maximum absolute atomic E-state index is 9.59. The summed E-state index contributed by atoms with van der Waals surface area (Å²) in [6, 6.07) is 1.31. The molecule has 2 atom stereocenters. The number of aliphatic hydroxyl groups is 1. The first kappa shape index (κ1) is 7.56. The molecule has 2 nitrogen and oxygen atoms in total. The van der Waals surface area contributed by atoms with Crippen LogP contribution in [0.25, 0.3) is 0 Å². The van der Waals surface area contributed by atoms with Crippen LogP contribution >= 0.6 is 0 Å². The molecule has 0 aromatic carbocycles. The number of likely N-dealkylation sites (tertiary alicyclic amines) is 1. The summed E-state index contributed by atoms with van der Waals surface area (Å²) in [7, 11) is 0. The Morgan fingerprint density at radius 3 is 2.64 bits per heavy atom. The predicted molar refractivity (Wildman–Crippen MR) is 44.4 cm³/mol. The molecule has 2 rings (SSSR count). The summed E-state index contributed by atoms with van der Waals surface area (Å²) in [5.74, 6) is 0. The van der Waals surface area contributed by atoms with E-state index in [1.165, 1.54) is 12.8 Å². The van der Waals surface area contributed by atoms with Crippen LogP contribution < -0.4 is 0 Å². The number of rotatable bonds is 2. The van der Waals surface area contributed by atoms with Crippen molar-refractivity contribution >= 4 is 0 Å². The molecule has 0 aromatic rings. The molecule has 2 unspecified atom stereocenters. The van der Waals surface area contributed by atoms with Crippen LogP contribution in [-0.4, -0.2) is 34.7 Å². The average Bonchev–Trinajstić information content (AvgIpc) is 2.76. The van der Waals surface area contributed by atoms with E-state index in [1.807, 2.05) is 0 Å². The van der Waals surface area contributed by atoms with E-state index in [0.29, 0.717) is 6.04 Å². The van der Waals surface area contributed by atoms with E-state index in [9.17, 15) is 5.11 Å². The van der Waals surface area contributed by atoms with Crippen molar-refractivity contribution < 1.29 is 5.11 Å². The van der Waals surface area contributed by atoms with Gasteiger partial charge in [-0.1, -0.05) is 6.92 Å². The molecule has 0 bridgehead atoms. The van der Waals surface area contributed by atoms with Gasteiger partial charge in [-0.2, -0.15) is 0 Å². The van der Waals surface area contributed by atoms with Crippen LogP contribution in [0.3, 0.4) is 0 Å². The monoisotopic (exact) mass is 155 g/mol. The highest BCUT2D eigenvalue weighted by Crippen LogP contribution is 2.34. The molecular formula is C9H17NO. The summed E-state index contributed by atoms with van der Waals surface area (Å²) < 4.78 is 0. The summed E-state index contributed by atoms with van der Waals surface area (Å²) in [6.45, 7) is 3.30. The predicted octanol–water partition coefficient (Wildman–Crippen LogP) is 0.994. The topological polar surface area (TPSA) is 23.5 Å². The van der Waals surface area contributed by atoms with Gasteiger partial charge in [-0.3, -0.25) is 4.90 Å². The Kier molecular flexibility index (Phi) is 1.90. The Morgan fingerprint density at radius 2 is 2.09 bits per heavy atom. The Bertz CT molecular complexity index is 144. The first-order chi connectivity index (χ1) is 5.33. The molecule has 11 heavy (non-hydrogen) atoms.